The zero-order valence-corrected chi connectivity index (χ0v) is 21.9. The number of likely N-dealkylation sites (tertiary alicyclic amines) is 2. The van der Waals surface area contributed by atoms with Crippen molar-refractivity contribution in [2.24, 2.45) is 5.92 Å². The first-order chi connectivity index (χ1) is 17.7. The minimum atomic E-state index is 0.515. The summed E-state index contributed by atoms with van der Waals surface area (Å²) in [4.78, 5) is 5.32. The third kappa shape index (κ3) is 5.06. The first-order valence-corrected chi connectivity index (χ1v) is 14.3. The van der Waals surface area contributed by atoms with E-state index >= 15 is 0 Å². The number of thiophene rings is 1. The van der Waals surface area contributed by atoms with Crippen LogP contribution in [0.15, 0.2) is 102 Å². The molecule has 0 bridgehead atoms. The van der Waals surface area contributed by atoms with Crippen LogP contribution in [0.3, 0.4) is 0 Å². The van der Waals surface area contributed by atoms with Crippen LogP contribution in [-0.4, -0.2) is 42.5 Å². The molecule has 2 saturated heterocycles. The van der Waals surface area contributed by atoms with E-state index in [1.54, 1.807) is 0 Å². The summed E-state index contributed by atoms with van der Waals surface area (Å²) in [5, 5.41) is 7.31. The van der Waals surface area contributed by atoms with Crippen LogP contribution in [0.5, 0.6) is 0 Å². The Morgan fingerprint density at radius 2 is 1.58 bits per heavy atom. The maximum atomic E-state index is 4.69. The van der Waals surface area contributed by atoms with E-state index in [0.717, 1.165) is 26.2 Å². The maximum Gasteiger partial charge on any atom is 0.0240 e. The van der Waals surface area contributed by atoms with Crippen LogP contribution < -0.4 is 0 Å². The minimum Gasteiger partial charge on any atom is -0.299 e. The molecule has 2 atom stereocenters. The number of hydrogen-bond donors (Lipinski definition) is 0. The Labute approximate surface area is 219 Å². The third-order valence-corrected chi connectivity index (χ3v) is 9.15. The molecule has 0 aliphatic carbocycles. The summed E-state index contributed by atoms with van der Waals surface area (Å²) in [6.07, 6.45) is 2.51. The maximum absolute atomic E-state index is 4.69. The molecule has 0 radical (unpaired) electrons. The predicted molar refractivity (Wildman–Crippen MR) is 154 cm³/mol. The SMILES string of the molecule is C=C(CN1CCC(c2ccccc2)CC1)C1CN(Cc2cccc3ccccc23)CC1c1ccsc1. The number of benzene rings is 3. The lowest BCUT2D eigenvalue weighted by Crippen LogP contribution is -2.36. The fourth-order valence-electron chi connectivity index (χ4n) is 6.48. The Hall–Kier alpha value is -2.72. The first kappa shape index (κ1) is 23.7. The van der Waals surface area contributed by atoms with Gasteiger partial charge in [-0.05, 0) is 76.1 Å². The summed E-state index contributed by atoms with van der Waals surface area (Å²) in [5.74, 6) is 1.76. The molecule has 2 fully saturated rings. The van der Waals surface area contributed by atoms with Gasteiger partial charge < -0.3 is 0 Å². The molecule has 2 unspecified atom stereocenters. The molecule has 1 aromatic heterocycles. The van der Waals surface area contributed by atoms with E-state index in [1.807, 2.05) is 11.3 Å². The van der Waals surface area contributed by atoms with E-state index in [-0.39, 0.29) is 0 Å². The van der Waals surface area contributed by atoms with Gasteiger partial charge in [0.25, 0.3) is 0 Å². The molecule has 36 heavy (non-hydrogen) atoms. The Balaban J connectivity index is 1.13. The molecular weight excluding hydrogens is 456 g/mol. The van der Waals surface area contributed by atoms with Gasteiger partial charge in [-0.3, -0.25) is 9.80 Å². The zero-order valence-electron chi connectivity index (χ0n) is 21.1. The molecule has 0 saturated carbocycles. The Morgan fingerprint density at radius 3 is 2.39 bits per heavy atom. The van der Waals surface area contributed by atoms with Crippen LogP contribution in [0.4, 0.5) is 0 Å². The molecule has 184 valence electrons. The second-order valence-electron chi connectivity index (χ2n) is 10.7. The van der Waals surface area contributed by atoms with Gasteiger partial charge in [-0.25, -0.2) is 0 Å². The van der Waals surface area contributed by atoms with Crippen molar-refractivity contribution in [3.8, 4) is 0 Å². The van der Waals surface area contributed by atoms with Crippen molar-refractivity contribution in [3.63, 3.8) is 0 Å². The van der Waals surface area contributed by atoms with Gasteiger partial charge in [0.2, 0.25) is 0 Å². The Morgan fingerprint density at radius 1 is 0.806 bits per heavy atom. The van der Waals surface area contributed by atoms with Crippen LogP contribution in [0, 0.1) is 5.92 Å². The zero-order chi connectivity index (χ0) is 24.3. The number of hydrogen-bond acceptors (Lipinski definition) is 3. The lowest BCUT2D eigenvalue weighted by atomic mass is 9.84. The molecule has 2 nitrogen and oxygen atoms in total. The molecule has 3 aromatic carbocycles. The molecule has 6 rings (SSSR count). The lowest BCUT2D eigenvalue weighted by molar-refractivity contribution is 0.221. The molecular formula is C33H36N2S. The van der Waals surface area contributed by atoms with Gasteiger partial charge >= 0.3 is 0 Å². The summed E-state index contributed by atoms with van der Waals surface area (Å²) >= 11 is 1.82. The molecule has 3 heteroatoms. The first-order valence-electron chi connectivity index (χ1n) is 13.4. The fraction of sp³-hybridized carbons (Fsp3) is 0.333. The van der Waals surface area contributed by atoms with E-state index in [0.29, 0.717) is 17.8 Å². The standard InChI is InChI=1S/C33H36N2S/c1-25(20-34-17-14-27(15-18-34)26-8-3-2-4-9-26)32-22-35(23-33(32)30-16-19-36-24-30)21-29-12-7-11-28-10-5-6-13-31(28)29/h2-13,16,19,24,27,32-33H,1,14-15,17-18,20-23H2. The quantitative estimate of drug-likeness (QED) is 0.246. The molecule has 4 aromatic rings. The second kappa shape index (κ2) is 10.7. The van der Waals surface area contributed by atoms with E-state index in [1.165, 1.54) is 59.0 Å². The topological polar surface area (TPSA) is 6.48 Å². The van der Waals surface area contributed by atoms with Crippen molar-refractivity contribution in [2.45, 2.75) is 31.2 Å². The van der Waals surface area contributed by atoms with E-state index in [2.05, 4.69) is 99.4 Å². The van der Waals surface area contributed by atoms with Crippen LogP contribution in [0.25, 0.3) is 10.8 Å². The van der Waals surface area contributed by atoms with Crippen molar-refractivity contribution >= 4 is 22.1 Å². The van der Waals surface area contributed by atoms with Gasteiger partial charge in [0.15, 0.2) is 0 Å². The van der Waals surface area contributed by atoms with Crippen molar-refractivity contribution in [2.75, 3.05) is 32.7 Å². The van der Waals surface area contributed by atoms with Crippen molar-refractivity contribution in [3.05, 3.63) is 118 Å². The largest absolute Gasteiger partial charge is 0.299 e. The molecule has 0 N–H and O–H groups in total. The highest BCUT2D eigenvalue weighted by molar-refractivity contribution is 7.08. The molecule has 2 aliphatic rings. The van der Waals surface area contributed by atoms with Gasteiger partial charge in [-0.15, -0.1) is 0 Å². The predicted octanol–water partition coefficient (Wildman–Crippen LogP) is 7.55. The average Bonchev–Trinajstić information content (AvgIpc) is 3.60. The van der Waals surface area contributed by atoms with Crippen molar-refractivity contribution in [1.29, 1.82) is 0 Å². The molecule has 0 amide bonds. The highest BCUT2D eigenvalue weighted by Gasteiger charge is 2.36. The average molecular weight is 493 g/mol. The monoisotopic (exact) mass is 492 g/mol. The van der Waals surface area contributed by atoms with Crippen LogP contribution >= 0.6 is 11.3 Å². The smallest absolute Gasteiger partial charge is 0.0240 e. The number of rotatable bonds is 7. The number of piperidine rings is 1. The second-order valence-corrected chi connectivity index (χ2v) is 11.5. The van der Waals surface area contributed by atoms with Crippen molar-refractivity contribution < 1.29 is 0 Å². The van der Waals surface area contributed by atoms with Gasteiger partial charge in [0, 0.05) is 38.0 Å². The lowest BCUT2D eigenvalue weighted by Gasteiger charge is -2.34. The van der Waals surface area contributed by atoms with Gasteiger partial charge in [0.05, 0.1) is 0 Å². The number of nitrogens with zero attached hydrogens (tertiary/aromatic N) is 2. The van der Waals surface area contributed by atoms with E-state index < -0.39 is 0 Å². The minimum absolute atomic E-state index is 0.515. The molecule has 2 aliphatic heterocycles. The Kier molecular flexibility index (Phi) is 7.05. The highest BCUT2D eigenvalue weighted by Crippen LogP contribution is 2.39. The van der Waals surface area contributed by atoms with Gasteiger partial charge in [-0.2, -0.15) is 11.3 Å². The Bertz CT molecular complexity index is 1280. The third-order valence-electron chi connectivity index (χ3n) is 8.45. The van der Waals surface area contributed by atoms with Crippen LogP contribution in [0.2, 0.25) is 0 Å². The van der Waals surface area contributed by atoms with Crippen LogP contribution in [-0.2, 0) is 6.54 Å². The molecule has 0 spiro atoms. The highest BCUT2D eigenvalue weighted by atomic mass is 32.1. The van der Waals surface area contributed by atoms with Gasteiger partial charge in [-0.1, -0.05) is 84.9 Å². The molecule has 3 heterocycles. The summed E-state index contributed by atoms with van der Waals surface area (Å²) < 4.78 is 0. The van der Waals surface area contributed by atoms with Crippen molar-refractivity contribution in [1.82, 2.24) is 9.80 Å². The normalized spacial score (nSPS) is 21.8. The fourth-order valence-corrected chi connectivity index (χ4v) is 7.20. The summed E-state index contributed by atoms with van der Waals surface area (Å²) in [6, 6.07) is 28.9. The summed E-state index contributed by atoms with van der Waals surface area (Å²) in [7, 11) is 0. The summed E-state index contributed by atoms with van der Waals surface area (Å²) in [6.45, 7) is 11.3. The van der Waals surface area contributed by atoms with Gasteiger partial charge in [0.1, 0.15) is 0 Å². The summed E-state index contributed by atoms with van der Waals surface area (Å²) in [5.41, 5.74) is 5.86. The van der Waals surface area contributed by atoms with E-state index in [9.17, 15) is 0 Å². The van der Waals surface area contributed by atoms with E-state index in [4.69, 9.17) is 6.58 Å². The van der Waals surface area contributed by atoms with Crippen LogP contribution in [0.1, 0.15) is 41.4 Å². The number of fused-ring (bicyclic) bond motifs is 1.